The highest BCUT2D eigenvalue weighted by Crippen LogP contribution is 2.16. The second kappa shape index (κ2) is 7.60. The van der Waals surface area contributed by atoms with Gasteiger partial charge in [0.15, 0.2) is 8.07 Å². The topological polar surface area (TPSA) is 20.2 Å². The van der Waals surface area contributed by atoms with Gasteiger partial charge in [-0.25, -0.2) is 0 Å². The number of aliphatic hydroxyl groups is 1. The van der Waals surface area contributed by atoms with Crippen LogP contribution in [0.25, 0.3) is 0 Å². The number of aliphatic hydroxyl groups excluding tert-OH is 1. The molecule has 0 aliphatic rings. The second-order valence-electron chi connectivity index (χ2n) is 6.27. The summed E-state index contributed by atoms with van der Waals surface area (Å²) in [5.41, 5.74) is 0. The van der Waals surface area contributed by atoms with Gasteiger partial charge in [-0.05, 0) is 28.0 Å². The highest BCUT2D eigenvalue weighted by atomic mass is 28.3. The van der Waals surface area contributed by atoms with E-state index in [9.17, 15) is 5.11 Å². The van der Waals surface area contributed by atoms with Crippen molar-refractivity contribution in [1.29, 1.82) is 0 Å². The van der Waals surface area contributed by atoms with Gasteiger partial charge in [0, 0.05) is 0 Å². The molecule has 0 amide bonds. The predicted molar refractivity (Wildman–Crippen MR) is 105 cm³/mol. The summed E-state index contributed by atoms with van der Waals surface area (Å²) in [6.45, 7) is 2.06. The van der Waals surface area contributed by atoms with E-state index in [1.165, 1.54) is 15.6 Å². The van der Waals surface area contributed by atoms with Crippen LogP contribution in [0.15, 0.2) is 91.0 Å². The molecule has 1 unspecified atom stereocenters. The summed E-state index contributed by atoms with van der Waals surface area (Å²) >= 11 is 0. The molecule has 0 aromatic heterocycles. The van der Waals surface area contributed by atoms with Crippen molar-refractivity contribution >= 4 is 23.6 Å². The van der Waals surface area contributed by atoms with Crippen molar-refractivity contribution in [3.8, 4) is 0 Å². The monoisotopic (exact) mass is 332 g/mol. The first-order valence-electron chi connectivity index (χ1n) is 8.62. The van der Waals surface area contributed by atoms with Crippen molar-refractivity contribution in [2.45, 2.75) is 25.5 Å². The number of benzene rings is 3. The van der Waals surface area contributed by atoms with Crippen molar-refractivity contribution in [2.75, 3.05) is 0 Å². The molecule has 24 heavy (non-hydrogen) atoms. The van der Waals surface area contributed by atoms with E-state index in [0.717, 1.165) is 12.5 Å². The third-order valence-electron chi connectivity index (χ3n) is 4.81. The third-order valence-corrected chi connectivity index (χ3v) is 9.85. The van der Waals surface area contributed by atoms with Gasteiger partial charge in [-0.3, -0.25) is 0 Å². The van der Waals surface area contributed by atoms with Gasteiger partial charge in [0.2, 0.25) is 0 Å². The minimum atomic E-state index is -2.26. The first-order valence-corrected chi connectivity index (χ1v) is 10.8. The van der Waals surface area contributed by atoms with Gasteiger partial charge in [0.05, 0.1) is 6.10 Å². The summed E-state index contributed by atoms with van der Waals surface area (Å²) in [6, 6.07) is 33.1. The van der Waals surface area contributed by atoms with E-state index in [-0.39, 0.29) is 6.10 Å². The molecule has 3 aromatic carbocycles. The van der Waals surface area contributed by atoms with Crippen molar-refractivity contribution in [3.05, 3.63) is 91.0 Å². The van der Waals surface area contributed by atoms with Gasteiger partial charge in [0.25, 0.3) is 0 Å². The van der Waals surface area contributed by atoms with E-state index >= 15 is 0 Å². The molecule has 1 atom stereocenters. The van der Waals surface area contributed by atoms with Crippen molar-refractivity contribution in [3.63, 3.8) is 0 Å². The van der Waals surface area contributed by atoms with Crippen LogP contribution in [0.1, 0.15) is 13.3 Å². The molecule has 0 radical (unpaired) electrons. The lowest BCUT2D eigenvalue weighted by molar-refractivity contribution is 0.189. The third kappa shape index (κ3) is 3.21. The van der Waals surface area contributed by atoms with E-state index < -0.39 is 8.07 Å². The summed E-state index contributed by atoms with van der Waals surface area (Å²) in [6.07, 6.45) is 0.485. The molecule has 0 aliphatic heterocycles. The van der Waals surface area contributed by atoms with Crippen molar-refractivity contribution < 1.29 is 5.11 Å². The molecule has 0 saturated heterocycles. The number of hydrogen-bond acceptors (Lipinski definition) is 1. The average molecular weight is 333 g/mol. The molecule has 0 aliphatic carbocycles. The SMILES string of the molecule is CCC(O)C[Si](c1ccccc1)(c1ccccc1)c1ccccc1. The summed E-state index contributed by atoms with van der Waals surface area (Å²) in [5.74, 6) is 0. The van der Waals surface area contributed by atoms with Crippen molar-refractivity contribution in [1.82, 2.24) is 0 Å². The summed E-state index contributed by atoms with van der Waals surface area (Å²) < 4.78 is 0. The molecule has 2 heteroatoms. The van der Waals surface area contributed by atoms with E-state index in [1.54, 1.807) is 0 Å². The Morgan fingerprint density at radius 1 is 0.667 bits per heavy atom. The zero-order valence-corrected chi connectivity index (χ0v) is 15.1. The fourth-order valence-electron chi connectivity index (χ4n) is 3.52. The molecule has 0 bridgehead atoms. The van der Waals surface area contributed by atoms with E-state index in [2.05, 4.69) is 97.9 Å². The van der Waals surface area contributed by atoms with Crippen LogP contribution < -0.4 is 15.6 Å². The molecule has 3 rings (SSSR count). The number of hydrogen-bond donors (Lipinski definition) is 1. The average Bonchev–Trinajstić information content (AvgIpc) is 2.68. The predicted octanol–water partition coefficient (Wildman–Crippen LogP) is 2.93. The molecule has 0 spiro atoms. The Hall–Kier alpha value is -2.16. The molecule has 0 heterocycles. The first kappa shape index (κ1) is 16.7. The largest absolute Gasteiger partial charge is 0.393 e. The van der Waals surface area contributed by atoms with Crippen LogP contribution in [0, 0.1) is 0 Å². The summed E-state index contributed by atoms with van der Waals surface area (Å²) in [4.78, 5) is 0. The maximum absolute atomic E-state index is 10.6. The van der Waals surface area contributed by atoms with Gasteiger partial charge in [-0.2, -0.15) is 0 Å². The van der Waals surface area contributed by atoms with Crippen LogP contribution in [0.3, 0.4) is 0 Å². The van der Waals surface area contributed by atoms with Crippen LogP contribution in [-0.4, -0.2) is 19.3 Å². The van der Waals surface area contributed by atoms with E-state index in [1.807, 2.05) is 0 Å². The molecular formula is C22H24OSi. The minimum Gasteiger partial charge on any atom is -0.393 e. The second-order valence-corrected chi connectivity index (χ2v) is 10.2. The highest BCUT2D eigenvalue weighted by molar-refractivity contribution is 7.11. The molecule has 1 nitrogen and oxygen atoms in total. The van der Waals surface area contributed by atoms with Crippen LogP contribution >= 0.6 is 0 Å². The molecule has 0 fully saturated rings. The zero-order valence-electron chi connectivity index (χ0n) is 14.1. The standard InChI is InChI=1S/C22H24OSi/c1-2-19(23)18-24(20-12-6-3-7-13-20,21-14-8-4-9-15-21)22-16-10-5-11-17-22/h3-17,19,23H,2,18H2,1H3. The van der Waals surface area contributed by atoms with Gasteiger partial charge >= 0.3 is 0 Å². The minimum absolute atomic E-state index is 0.294. The quantitative estimate of drug-likeness (QED) is 0.543. The summed E-state index contributed by atoms with van der Waals surface area (Å²) in [5, 5.41) is 14.7. The van der Waals surface area contributed by atoms with Gasteiger partial charge < -0.3 is 5.11 Å². The lowest BCUT2D eigenvalue weighted by atomic mass is 10.3. The van der Waals surface area contributed by atoms with Gasteiger partial charge in [-0.15, -0.1) is 0 Å². The maximum Gasteiger partial charge on any atom is 0.150 e. The Balaban J connectivity index is 2.28. The fourth-order valence-corrected chi connectivity index (χ4v) is 8.51. The maximum atomic E-state index is 10.6. The molecule has 1 N–H and O–H groups in total. The first-order chi connectivity index (χ1) is 11.8. The van der Waals surface area contributed by atoms with Crippen LogP contribution in [0.5, 0.6) is 0 Å². The van der Waals surface area contributed by atoms with Crippen molar-refractivity contribution in [2.24, 2.45) is 0 Å². The number of rotatable bonds is 6. The normalized spacial score (nSPS) is 12.8. The van der Waals surface area contributed by atoms with Gasteiger partial charge in [0.1, 0.15) is 0 Å². The van der Waals surface area contributed by atoms with Crippen LogP contribution in [-0.2, 0) is 0 Å². The Morgan fingerprint density at radius 2 is 1.00 bits per heavy atom. The van der Waals surface area contributed by atoms with Gasteiger partial charge in [-0.1, -0.05) is 97.9 Å². The highest BCUT2D eigenvalue weighted by Gasteiger charge is 2.40. The Bertz CT molecular complexity index is 644. The Morgan fingerprint density at radius 3 is 1.29 bits per heavy atom. The molecule has 0 saturated carbocycles. The Kier molecular flexibility index (Phi) is 5.29. The van der Waals surface area contributed by atoms with Crippen LogP contribution in [0.4, 0.5) is 0 Å². The lowest BCUT2D eigenvalue weighted by Gasteiger charge is -2.35. The molecular weight excluding hydrogens is 308 g/mol. The van der Waals surface area contributed by atoms with Crippen LogP contribution in [0.2, 0.25) is 6.04 Å². The summed E-state index contributed by atoms with van der Waals surface area (Å²) in [7, 11) is -2.26. The zero-order chi connectivity index (χ0) is 16.8. The Labute approximate surface area is 145 Å². The van der Waals surface area contributed by atoms with E-state index in [4.69, 9.17) is 0 Å². The fraction of sp³-hybridized carbons (Fsp3) is 0.182. The van der Waals surface area contributed by atoms with E-state index in [0.29, 0.717) is 0 Å². The molecule has 3 aromatic rings. The molecule has 122 valence electrons. The lowest BCUT2D eigenvalue weighted by Crippen LogP contribution is -2.68. The smallest absolute Gasteiger partial charge is 0.150 e.